The highest BCUT2D eigenvalue weighted by molar-refractivity contribution is 5.87. The third-order valence-corrected chi connectivity index (χ3v) is 3.23. The second-order valence-electron chi connectivity index (χ2n) is 4.51. The van der Waals surface area contributed by atoms with E-state index in [1.807, 2.05) is 18.2 Å². The van der Waals surface area contributed by atoms with E-state index < -0.39 is 5.97 Å². The molecule has 16 heavy (non-hydrogen) atoms. The van der Waals surface area contributed by atoms with Gasteiger partial charge in [0.2, 0.25) is 0 Å². The zero-order chi connectivity index (χ0) is 11.5. The summed E-state index contributed by atoms with van der Waals surface area (Å²) >= 11 is 0. The molecule has 1 aliphatic rings. The molecule has 1 aromatic carbocycles. The summed E-state index contributed by atoms with van der Waals surface area (Å²) in [6, 6.07) is 7.86. The van der Waals surface area contributed by atoms with Crippen LogP contribution in [0.25, 0.3) is 0 Å². The first-order chi connectivity index (χ1) is 7.66. The Morgan fingerprint density at radius 1 is 1.50 bits per heavy atom. The van der Waals surface area contributed by atoms with Crippen LogP contribution >= 0.6 is 0 Å². The maximum atomic E-state index is 10.9. The second-order valence-corrected chi connectivity index (χ2v) is 4.51. The van der Waals surface area contributed by atoms with Gasteiger partial charge in [0, 0.05) is 6.04 Å². The number of carboxylic acid groups (broad SMARTS) is 1. The quantitative estimate of drug-likeness (QED) is 0.802. The van der Waals surface area contributed by atoms with Crippen LogP contribution in [0.5, 0.6) is 0 Å². The highest BCUT2D eigenvalue weighted by Crippen LogP contribution is 2.28. The fraction of sp³-hybridized carbons (Fsp3) is 0.462. The van der Waals surface area contributed by atoms with Gasteiger partial charge >= 0.3 is 5.97 Å². The first-order valence-corrected chi connectivity index (χ1v) is 5.73. The number of hydrogen-bond acceptors (Lipinski definition) is 2. The molecule has 0 radical (unpaired) electrons. The van der Waals surface area contributed by atoms with Crippen LogP contribution < -0.4 is 5.32 Å². The molecule has 2 atom stereocenters. The number of rotatable bonds is 2. The Bertz CT molecular complexity index is 389. The maximum absolute atomic E-state index is 10.9. The van der Waals surface area contributed by atoms with Crippen molar-refractivity contribution in [2.45, 2.75) is 31.7 Å². The van der Waals surface area contributed by atoms with E-state index in [1.165, 1.54) is 0 Å². The van der Waals surface area contributed by atoms with E-state index >= 15 is 0 Å². The van der Waals surface area contributed by atoms with Gasteiger partial charge in [-0.25, -0.2) is 4.79 Å². The van der Waals surface area contributed by atoms with Crippen molar-refractivity contribution in [3.8, 4) is 0 Å². The molecule has 2 rings (SSSR count). The van der Waals surface area contributed by atoms with Crippen molar-refractivity contribution in [1.82, 2.24) is 5.32 Å². The van der Waals surface area contributed by atoms with Gasteiger partial charge in [-0.2, -0.15) is 0 Å². The van der Waals surface area contributed by atoms with E-state index in [-0.39, 0.29) is 0 Å². The topological polar surface area (TPSA) is 49.3 Å². The number of piperidine rings is 1. The molecular formula is C13H17NO2. The zero-order valence-corrected chi connectivity index (χ0v) is 9.44. The lowest BCUT2D eigenvalue weighted by atomic mass is 9.86. The monoisotopic (exact) mass is 219 g/mol. The molecule has 1 saturated heterocycles. The highest BCUT2D eigenvalue weighted by atomic mass is 16.4. The average molecular weight is 219 g/mol. The van der Waals surface area contributed by atoms with Crippen LogP contribution in [-0.4, -0.2) is 23.7 Å². The summed E-state index contributed by atoms with van der Waals surface area (Å²) in [4.78, 5) is 10.9. The molecule has 0 unspecified atom stereocenters. The Balaban J connectivity index is 2.19. The molecular weight excluding hydrogens is 202 g/mol. The normalized spacial score (nSPS) is 25.3. The minimum Gasteiger partial charge on any atom is -0.478 e. The smallest absolute Gasteiger partial charge is 0.335 e. The lowest BCUT2D eigenvalue weighted by Gasteiger charge is -2.28. The molecule has 0 aromatic heterocycles. The number of aromatic carboxylic acids is 1. The van der Waals surface area contributed by atoms with E-state index in [9.17, 15) is 4.79 Å². The van der Waals surface area contributed by atoms with Gasteiger partial charge in [0.25, 0.3) is 0 Å². The maximum Gasteiger partial charge on any atom is 0.335 e. The van der Waals surface area contributed by atoms with Crippen LogP contribution in [-0.2, 0) is 0 Å². The first-order valence-electron chi connectivity index (χ1n) is 5.73. The number of carbonyl (C=O) groups is 1. The summed E-state index contributed by atoms with van der Waals surface area (Å²) < 4.78 is 0. The van der Waals surface area contributed by atoms with Gasteiger partial charge in [-0.15, -0.1) is 0 Å². The molecule has 0 amide bonds. The van der Waals surface area contributed by atoms with Crippen molar-refractivity contribution in [3.05, 3.63) is 35.4 Å². The average Bonchev–Trinajstić information content (AvgIpc) is 2.29. The third kappa shape index (κ3) is 2.42. The molecule has 1 fully saturated rings. The Kier molecular flexibility index (Phi) is 3.25. The van der Waals surface area contributed by atoms with Crippen molar-refractivity contribution in [3.63, 3.8) is 0 Å². The predicted molar refractivity (Wildman–Crippen MR) is 62.8 cm³/mol. The van der Waals surface area contributed by atoms with Gasteiger partial charge in [-0.1, -0.05) is 12.1 Å². The van der Waals surface area contributed by atoms with Gasteiger partial charge in [0.05, 0.1) is 5.56 Å². The summed E-state index contributed by atoms with van der Waals surface area (Å²) in [5.41, 5.74) is 1.55. The molecule has 3 heteroatoms. The van der Waals surface area contributed by atoms with Gasteiger partial charge < -0.3 is 10.4 Å². The number of benzene rings is 1. The van der Waals surface area contributed by atoms with Crippen LogP contribution in [0.3, 0.4) is 0 Å². The standard InChI is InChI=1S/C13H17NO2/c1-9-7-11(5-6-14-9)10-3-2-4-12(8-10)13(15)16/h2-4,8-9,11,14H,5-7H2,1H3,(H,15,16)/t9-,11+/m1/s1. The SMILES string of the molecule is C[C@@H]1C[C@@H](c2cccc(C(=O)O)c2)CCN1. The van der Waals surface area contributed by atoms with E-state index in [2.05, 4.69) is 12.2 Å². The Morgan fingerprint density at radius 2 is 2.31 bits per heavy atom. The summed E-state index contributed by atoms with van der Waals surface area (Å²) in [5.74, 6) is -0.348. The molecule has 86 valence electrons. The summed E-state index contributed by atoms with van der Waals surface area (Å²) in [6.07, 6.45) is 2.18. The molecule has 0 bridgehead atoms. The van der Waals surface area contributed by atoms with Crippen molar-refractivity contribution in [2.24, 2.45) is 0 Å². The number of hydrogen-bond donors (Lipinski definition) is 2. The lowest BCUT2D eigenvalue weighted by molar-refractivity contribution is 0.0696. The molecule has 1 heterocycles. The van der Waals surface area contributed by atoms with Crippen LogP contribution in [0.2, 0.25) is 0 Å². The largest absolute Gasteiger partial charge is 0.478 e. The molecule has 0 aliphatic carbocycles. The van der Waals surface area contributed by atoms with Crippen molar-refractivity contribution >= 4 is 5.97 Å². The fourth-order valence-corrected chi connectivity index (χ4v) is 2.36. The third-order valence-electron chi connectivity index (χ3n) is 3.23. The Hall–Kier alpha value is -1.35. The van der Waals surface area contributed by atoms with Crippen molar-refractivity contribution in [1.29, 1.82) is 0 Å². The second kappa shape index (κ2) is 4.66. The van der Waals surface area contributed by atoms with E-state index in [0.29, 0.717) is 17.5 Å². The van der Waals surface area contributed by atoms with Crippen LogP contribution in [0, 0.1) is 0 Å². The summed E-state index contributed by atoms with van der Waals surface area (Å²) in [7, 11) is 0. The van der Waals surface area contributed by atoms with E-state index in [4.69, 9.17) is 5.11 Å². The molecule has 0 saturated carbocycles. The Labute approximate surface area is 95.5 Å². The lowest BCUT2D eigenvalue weighted by Crippen LogP contribution is -2.34. The zero-order valence-electron chi connectivity index (χ0n) is 9.44. The molecule has 1 aliphatic heterocycles. The van der Waals surface area contributed by atoms with Gasteiger partial charge in [-0.05, 0) is 49.9 Å². The van der Waals surface area contributed by atoms with Crippen molar-refractivity contribution < 1.29 is 9.90 Å². The Morgan fingerprint density at radius 3 is 3.00 bits per heavy atom. The van der Waals surface area contributed by atoms with Gasteiger partial charge in [-0.3, -0.25) is 0 Å². The number of nitrogens with one attached hydrogen (secondary N) is 1. The van der Waals surface area contributed by atoms with E-state index in [0.717, 1.165) is 24.9 Å². The van der Waals surface area contributed by atoms with Gasteiger partial charge in [0.15, 0.2) is 0 Å². The fourth-order valence-electron chi connectivity index (χ4n) is 2.36. The van der Waals surface area contributed by atoms with Gasteiger partial charge in [0.1, 0.15) is 0 Å². The van der Waals surface area contributed by atoms with Crippen LogP contribution in [0.4, 0.5) is 0 Å². The van der Waals surface area contributed by atoms with E-state index in [1.54, 1.807) is 6.07 Å². The summed E-state index contributed by atoms with van der Waals surface area (Å²) in [6.45, 7) is 3.19. The highest BCUT2D eigenvalue weighted by Gasteiger charge is 2.20. The minimum absolute atomic E-state index is 0.392. The number of carboxylic acids is 1. The van der Waals surface area contributed by atoms with Crippen molar-refractivity contribution in [2.75, 3.05) is 6.54 Å². The molecule has 0 spiro atoms. The van der Waals surface area contributed by atoms with Crippen LogP contribution in [0.1, 0.15) is 41.6 Å². The molecule has 1 aromatic rings. The minimum atomic E-state index is -0.844. The molecule has 2 N–H and O–H groups in total. The first kappa shape index (κ1) is 11.1. The predicted octanol–water partition coefficient (Wildman–Crippen LogP) is 2.24. The van der Waals surface area contributed by atoms with Crippen LogP contribution in [0.15, 0.2) is 24.3 Å². The summed E-state index contributed by atoms with van der Waals surface area (Å²) in [5, 5.41) is 12.4. The molecule has 3 nitrogen and oxygen atoms in total.